The van der Waals surface area contributed by atoms with Crippen LogP contribution < -0.4 is 24.8 Å². The molecule has 1 nitrogen and oxygen atoms in total. The second-order valence-corrected chi connectivity index (χ2v) is 9.49. The van der Waals surface area contributed by atoms with Gasteiger partial charge >= 0.3 is 21.7 Å². The smallest absolute Gasteiger partial charge is 1.00 e. The van der Waals surface area contributed by atoms with Crippen molar-refractivity contribution >= 4 is 5.57 Å². The molecule has 0 bridgehead atoms. The van der Waals surface area contributed by atoms with Gasteiger partial charge in [-0.1, -0.05) is 60.1 Å². The van der Waals surface area contributed by atoms with Gasteiger partial charge in [-0.05, 0) is 60.0 Å². The van der Waals surface area contributed by atoms with Gasteiger partial charge in [0.15, 0.2) is 0 Å². The number of rotatable bonds is 1. The Kier molecular flexibility index (Phi) is 10.2. The van der Waals surface area contributed by atoms with Gasteiger partial charge in [0.2, 0.25) is 0 Å². The van der Waals surface area contributed by atoms with E-state index in [1.807, 2.05) is 0 Å². The molecule has 0 saturated carbocycles. The molecule has 150 valence electrons. The van der Waals surface area contributed by atoms with E-state index in [2.05, 4.69) is 81.4 Å². The Labute approximate surface area is 193 Å². The van der Waals surface area contributed by atoms with Gasteiger partial charge in [0.25, 0.3) is 0 Å². The third kappa shape index (κ3) is 5.44. The number of halogens is 2. The summed E-state index contributed by atoms with van der Waals surface area (Å²) < 4.78 is 0. The van der Waals surface area contributed by atoms with Gasteiger partial charge in [-0.15, -0.1) is 0 Å². The molecule has 2 rings (SSSR count). The van der Waals surface area contributed by atoms with Crippen LogP contribution >= 0.6 is 0 Å². The predicted molar refractivity (Wildman–Crippen MR) is 106 cm³/mol. The number of allylic oxidation sites excluding steroid dienone is 4. The molecule has 27 heavy (non-hydrogen) atoms. The van der Waals surface area contributed by atoms with Gasteiger partial charge in [-0.25, -0.2) is 0 Å². The minimum atomic E-state index is -0.0894. The average molecular weight is 445 g/mol. The van der Waals surface area contributed by atoms with E-state index in [9.17, 15) is 5.11 Å². The third-order valence-corrected chi connectivity index (χ3v) is 5.71. The van der Waals surface area contributed by atoms with E-state index in [1.165, 1.54) is 27.9 Å². The number of hydrogen-bond donors (Lipinski definition) is 1. The molecule has 0 spiro atoms. The largest absolute Gasteiger partial charge is 2.00 e. The zero-order chi connectivity index (χ0) is 18.6. The molecule has 4 heteroatoms. The first kappa shape index (κ1) is 29.0. The molecule has 0 aromatic heterocycles. The zero-order valence-electron chi connectivity index (χ0n) is 18.4. The maximum atomic E-state index is 11.1. The van der Waals surface area contributed by atoms with E-state index in [-0.39, 0.29) is 57.4 Å². The van der Waals surface area contributed by atoms with E-state index >= 15 is 0 Å². The minimum Gasteiger partial charge on any atom is -1.00 e. The molecule has 1 N–H and O–H groups in total. The zero-order valence-corrected chi connectivity index (χ0v) is 21.5. The monoisotopic (exact) mass is 444 g/mol. The summed E-state index contributed by atoms with van der Waals surface area (Å²) >= 11 is 0. The predicted octanol–water partition coefficient (Wildman–Crippen LogP) is 0.752. The van der Waals surface area contributed by atoms with Gasteiger partial charge in [-0.2, -0.15) is 0 Å². The second-order valence-electron chi connectivity index (χ2n) is 9.49. The molecule has 0 radical (unpaired) electrons. The molecule has 1 aromatic rings. The Morgan fingerprint density at radius 1 is 0.815 bits per heavy atom. The van der Waals surface area contributed by atoms with Crippen LogP contribution in [0.3, 0.4) is 0 Å². The summed E-state index contributed by atoms with van der Waals surface area (Å²) in [6.45, 7) is 22.1. The molecule has 1 aliphatic rings. The summed E-state index contributed by atoms with van der Waals surface area (Å²) in [6.07, 6.45) is 0. The molecule has 1 aromatic carbocycles. The van der Waals surface area contributed by atoms with Crippen LogP contribution in [0.2, 0.25) is 0 Å². The molecule has 0 heterocycles. The van der Waals surface area contributed by atoms with Crippen LogP contribution in [0.1, 0.15) is 85.9 Å². The first-order chi connectivity index (χ1) is 10.8. The van der Waals surface area contributed by atoms with Crippen molar-refractivity contribution in [2.24, 2.45) is 5.92 Å². The first-order valence-corrected chi connectivity index (χ1v) is 9.03. The van der Waals surface area contributed by atoms with Gasteiger partial charge in [0.1, 0.15) is 5.75 Å². The molecule has 0 saturated heterocycles. The normalized spacial score (nSPS) is 17.3. The fraction of sp³-hybridized carbons (Fsp3) is 0.565. The van der Waals surface area contributed by atoms with Crippen molar-refractivity contribution < 1.29 is 51.6 Å². The molecule has 0 fully saturated rings. The quantitative estimate of drug-likeness (QED) is 0.633. The van der Waals surface area contributed by atoms with Crippen LogP contribution in [0, 0.1) is 5.92 Å². The van der Waals surface area contributed by atoms with Crippen LogP contribution in [0.4, 0.5) is 0 Å². The Balaban J connectivity index is 0. The standard InChI is InChI=1S/C23H34O.2ClH.Ti/c1-13-14(2)16(4)20(15(13)3)18-11-17(22(5,6)7)12-19(21(18)24)23(8,9)10;;;/h11-12,15,24H,1-10H3;2*1H;/q;;;+2/p-2. The van der Waals surface area contributed by atoms with Crippen molar-refractivity contribution in [1.82, 2.24) is 0 Å². The molecular weight excluding hydrogens is 411 g/mol. The summed E-state index contributed by atoms with van der Waals surface area (Å²) in [6, 6.07) is 4.41. The molecule has 0 amide bonds. The van der Waals surface area contributed by atoms with Crippen molar-refractivity contribution in [3.05, 3.63) is 45.5 Å². The number of hydrogen-bond acceptors (Lipinski definition) is 1. The Hall–Kier alpha value is -0.206. The maximum absolute atomic E-state index is 11.1. The van der Waals surface area contributed by atoms with E-state index in [0.717, 1.165) is 11.1 Å². The van der Waals surface area contributed by atoms with Crippen molar-refractivity contribution in [2.45, 2.75) is 80.1 Å². The van der Waals surface area contributed by atoms with Crippen LogP contribution in [-0.2, 0) is 32.5 Å². The van der Waals surface area contributed by atoms with Crippen molar-refractivity contribution in [2.75, 3.05) is 0 Å². The first-order valence-electron chi connectivity index (χ1n) is 9.03. The molecule has 1 aliphatic carbocycles. The van der Waals surface area contributed by atoms with E-state index in [0.29, 0.717) is 11.7 Å². The summed E-state index contributed by atoms with van der Waals surface area (Å²) in [4.78, 5) is 0. The van der Waals surface area contributed by atoms with E-state index < -0.39 is 0 Å². The van der Waals surface area contributed by atoms with Gasteiger partial charge in [0.05, 0.1) is 0 Å². The summed E-state index contributed by atoms with van der Waals surface area (Å²) in [5, 5.41) is 11.1. The Morgan fingerprint density at radius 2 is 1.30 bits per heavy atom. The van der Waals surface area contributed by atoms with Crippen molar-refractivity contribution in [3.8, 4) is 5.75 Å². The maximum Gasteiger partial charge on any atom is 2.00 e. The second kappa shape index (κ2) is 9.53. The molecular formula is C23H34Cl2OTi. The van der Waals surface area contributed by atoms with Crippen molar-refractivity contribution in [3.63, 3.8) is 0 Å². The Morgan fingerprint density at radius 3 is 1.63 bits per heavy atom. The third-order valence-electron chi connectivity index (χ3n) is 5.71. The number of benzene rings is 1. The van der Waals surface area contributed by atoms with Gasteiger partial charge in [0, 0.05) is 17.0 Å². The fourth-order valence-electron chi connectivity index (χ4n) is 3.64. The molecule has 1 unspecified atom stereocenters. The fourth-order valence-corrected chi connectivity index (χ4v) is 3.64. The Bertz CT molecular complexity index is 747. The number of phenolic OH excluding ortho intramolecular Hbond substituents is 1. The summed E-state index contributed by atoms with van der Waals surface area (Å²) in [7, 11) is 0. The number of phenols is 1. The van der Waals surface area contributed by atoms with E-state index in [1.54, 1.807) is 0 Å². The van der Waals surface area contributed by atoms with Crippen molar-refractivity contribution in [1.29, 1.82) is 0 Å². The average Bonchev–Trinajstić information content (AvgIpc) is 2.61. The molecule has 1 atom stereocenters. The molecule has 0 aliphatic heterocycles. The SMILES string of the molecule is CC1=C(C)C(C)C(c2cc(C(C)(C)C)cc(C(C)(C)C)c2O)=C1C.[Cl-].[Cl-].[Ti+2]. The van der Waals surface area contributed by atoms with E-state index in [4.69, 9.17) is 0 Å². The minimum absolute atomic E-state index is 0. The summed E-state index contributed by atoms with van der Waals surface area (Å²) in [5.41, 5.74) is 8.71. The topological polar surface area (TPSA) is 20.2 Å². The van der Waals surface area contributed by atoms with Crippen LogP contribution in [0.15, 0.2) is 28.9 Å². The van der Waals surface area contributed by atoms with Gasteiger partial charge in [-0.3, -0.25) is 0 Å². The number of aromatic hydroxyl groups is 1. The van der Waals surface area contributed by atoms with Crippen LogP contribution in [0.25, 0.3) is 5.57 Å². The van der Waals surface area contributed by atoms with Gasteiger partial charge < -0.3 is 29.9 Å². The van der Waals surface area contributed by atoms with Crippen LogP contribution in [-0.4, -0.2) is 5.11 Å². The summed E-state index contributed by atoms with van der Waals surface area (Å²) in [5.74, 6) is 0.818. The van der Waals surface area contributed by atoms with Crippen LogP contribution in [0.5, 0.6) is 5.75 Å².